The summed E-state index contributed by atoms with van der Waals surface area (Å²) in [5.74, 6) is -1.12. The van der Waals surface area contributed by atoms with E-state index < -0.39 is 81.6 Å². The molecule has 39 heavy (non-hydrogen) atoms. The molecule has 14 heteroatoms. The van der Waals surface area contributed by atoms with Gasteiger partial charge in [0, 0.05) is 6.92 Å². The first-order valence-corrected chi connectivity index (χ1v) is 41.5. The van der Waals surface area contributed by atoms with Gasteiger partial charge >= 0.3 is 5.97 Å². The SMILES string of the molecule is CC(=O)O[C@@H]1[C@H]2OC(C)(C)O[C@H]2O[C@@H]1[C@H]1CO[Si]([Si](C)(C)C)([Si](C)(C)C)[Si](C)(C)[Si]([Si](C)(C)C)([Si](C)(C)C)O1. The molecular weight excluding hydrogens is 609 g/mol. The van der Waals surface area contributed by atoms with Gasteiger partial charge in [-0.25, -0.2) is 0 Å². The van der Waals surface area contributed by atoms with Crippen molar-refractivity contribution in [3.05, 3.63) is 0 Å². The highest BCUT2D eigenvalue weighted by molar-refractivity contribution is 8.08. The maximum Gasteiger partial charge on any atom is 0.303 e. The fourth-order valence-corrected chi connectivity index (χ4v) is 259. The third kappa shape index (κ3) is 5.27. The van der Waals surface area contributed by atoms with Gasteiger partial charge in [0.2, 0.25) is 0 Å². The van der Waals surface area contributed by atoms with Crippen LogP contribution in [0.25, 0.3) is 0 Å². The molecule has 228 valence electrons. The number of ether oxygens (including phenoxy) is 4. The lowest BCUT2D eigenvalue weighted by Crippen LogP contribution is -2.98. The maximum absolute atomic E-state index is 12.4. The third-order valence-corrected chi connectivity index (χ3v) is 153. The number of esters is 1. The quantitative estimate of drug-likeness (QED) is 0.269. The normalized spacial score (nSPS) is 34.3. The van der Waals surface area contributed by atoms with Gasteiger partial charge in [-0.3, -0.25) is 4.79 Å². The van der Waals surface area contributed by atoms with Crippen LogP contribution in [0.1, 0.15) is 20.8 Å². The van der Waals surface area contributed by atoms with E-state index in [9.17, 15) is 4.79 Å². The van der Waals surface area contributed by atoms with Gasteiger partial charge in [-0.15, -0.1) is 0 Å². The van der Waals surface area contributed by atoms with E-state index in [1.54, 1.807) is 0 Å². The molecule has 0 saturated carbocycles. The van der Waals surface area contributed by atoms with Crippen LogP contribution in [0.4, 0.5) is 0 Å². The molecule has 3 saturated heterocycles. The monoisotopic (exact) mass is 666 g/mol. The Balaban J connectivity index is 2.29. The van der Waals surface area contributed by atoms with Gasteiger partial charge in [0.1, 0.15) is 6.10 Å². The summed E-state index contributed by atoms with van der Waals surface area (Å²) in [5.41, 5.74) is 0. The molecule has 0 aliphatic carbocycles. The van der Waals surface area contributed by atoms with E-state index in [0.717, 1.165) is 0 Å². The maximum atomic E-state index is 12.4. The Kier molecular flexibility index (Phi) is 8.94. The molecule has 3 rings (SSSR count). The first-order chi connectivity index (χ1) is 17.2. The van der Waals surface area contributed by atoms with E-state index in [-0.39, 0.29) is 12.1 Å². The molecule has 3 fully saturated rings. The summed E-state index contributed by atoms with van der Waals surface area (Å²) in [6, 6.07) is 0. The van der Waals surface area contributed by atoms with Crippen molar-refractivity contribution >= 4 is 57.2 Å². The van der Waals surface area contributed by atoms with E-state index in [1.807, 2.05) is 13.8 Å². The van der Waals surface area contributed by atoms with Gasteiger partial charge in [0.25, 0.3) is 0 Å². The second-order valence-corrected chi connectivity index (χ2v) is 90.3. The van der Waals surface area contributed by atoms with Crippen molar-refractivity contribution in [3.63, 3.8) is 0 Å². The molecule has 0 bridgehead atoms. The molecule has 5 atom stereocenters. The number of carbonyl (C=O) groups is 1. The number of hydrogen-bond acceptors (Lipinski definition) is 7. The van der Waals surface area contributed by atoms with Crippen LogP contribution in [0.2, 0.25) is 91.7 Å². The predicted molar refractivity (Wildman–Crippen MR) is 177 cm³/mol. The van der Waals surface area contributed by atoms with Crippen LogP contribution in [0.15, 0.2) is 0 Å². The van der Waals surface area contributed by atoms with Crippen LogP contribution in [-0.2, 0) is 32.6 Å². The second-order valence-electron chi connectivity index (χ2n) is 17.1. The Hall–Kier alpha value is 0.788. The zero-order valence-electron chi connectivity index (χ0n) is 28.0. The molecule has 0 radical (unpaired) electrons. The standard InChI is InChI=1S/C25H58O7Si7/c1-19(26)28-22-21(29-24-23(22)30-25(2,3)31-24)20-18-27-38(33(4,5)6,34(7,8)9)37(16,17)39(32-20,35(10,11)12)36(13,14)15/h20-24H,18H2,1-17H3/t20-,21-,22+,23-,24-/m1/s1. The second kappa shape index (κ2) is 10.2. The van der Waals surface area contributed by atoms with Crippen molar-refractivity contribution < 1.29 is 32.6 Å². The van der Waals surface area contributed by atoms with Gasteiger partial charge in [-0.1, -0.05) is 91.7 Å². The summed E-state index contributed by atoms with van der Waals surface area (Å²) in [4.78, 5) is 12.4. The minimum absolute atomic E-state index is 0.297. The average Bonchev–Trinajstić information content (AvgIpc) is 3.06. The predicted octanol–water partition coefficient (Wildman–Crippen LogP) is 5.63. The molecule has 0 amide bonds. The van der Waals surface area contributed by atoms with Crippen LogP contribution in [0.5, 0.6) is 0 Å². The fraction of sp³-hybridized carbons (Fsp3) is 0.960. The summed E-state index contributed by atoms with van der Waals surface area (Å²) in [7, 11) is -9.26. The van der Waals surface area contributed by atoms with Crippen LogP contribution in [0, 0.1) is 0 Å². The van der Waals surface area contributed by atoms with E-state index in [1.165, 1.54) is 6.92 Å². The van der Waals surface area contributed by atoms with Crippen molar-refractivity contribution in [1.82, 2.24) is 0 Å². The van der Waals surface area contributed by atoms with Crippen molar-refractivity contribution in [2.24, 2.45) is 0 Å². The molecular formula is C25H58O7Si7. The lowest BCUT2D eigenvalue weighted by Gasteiger charge is -2.65. The smallest absolute Gasteiger partial charge is 0.303 e. The summed E-state index contributed by atoms with van der Waals surface area (Å²) in [5, 5.41) is 0. The highest BCUT2D eigenvalue weighted by Crippen LogP contribution is 2.51. The molecule has 3 aliphatic heterocycles. The topological polar surface area (TPSA) is 72.5 Å². The molecule has 3 heterocycles. The van der Waals surface area contributed by atoms with Gasteiger partial charge in [0.05, 0.1) is 50.2 Å². The van der Waals surface area contributed by atoms with Crippen LogP contribution in [0.3, 0.4) is 0 Å². The Bertz CT molecular complexity index is 918. The zero-order valence-corrected chi connectivity index (χ0v) is 35.0. The van der Waals surface area contributed by atoms with E-state index >= 15 is 0 Å². The van der Waals surface area contributed by atoms with Gasteiger partial charge in [-0.2, -0.15) is 0 Å². The highest BCUT2D eigenvalue weighted by Gasteiger charge is 2.80. The largest absolute Gasteiger partial charge is 0.457 e. The lowest BCUT2D eigenvalue weighted by molar-refractivity contribution is -0.228. The highest BCUT2D eigenvalue weighted by atomic mass is 30.2. The number of fused-ring (bicyclic) bond motifs is 1. The van der Waals surface area contributed by atoms with Crippen LogP contribution in [-0.4, -0.2) is 100 Å². The third-order valence-electron chi connectivity index (χ3n) is 9.47. The fourth-order valence-electron chi connectivity index (χ4n) is 10.1. The van der Waals surface area contributed by atoms with E-state index in [2.05, 4.69) is 91.7 Å². The molecule has 0 aromatic heterocycles. The number of rotatable bonds is 6. The Labute approximate surface area is 244 Å². The van der Waals surface area contributed by atoms with Gasteiger partial charge < -0.3 is 27.8 Å². The summed E-state index contributed by atoms with van der Waals surface area (Å²) >= 11 is 0. The van der Waals surface area contributed by atoms with E-state index in [4.69, 9.17) is 27.8 Å². The molecule has 0 spiro atoms. The van der Waals surface area contributed by atoms with Crippen molar-refractivity contribution in [1.29, 1.82) is 0 Å². The van der Waals surface area contributed by atoms with Crippen molar-refractivity contribution in [3.8, 4) is 0 Å². The van der Waals surface area contributed by atoms with Crippen molar-refractivity contribution in [2.45, 2.75) is 149 Å². The zero-order chi connectivity index (χ0) is 30.4. The minimum Gasteiger partial charge on any atom is -0.457 e. The Morgan fingerprint density at radius 1 is 0.769 bits per heavy atom. The molecule has 0 aromatic carbocycles. The van der Waals surface area contributed by atoms with Crippen LogP contribution < -0.4 is 0 Å². The average molecular weight is 667 g/mol. The Morgan fingerprint density at radius 3 is 1.64 bits per heavy atom. The number of hydrogen-bond donors (Lipinski definition) is 0. The van der Waals surface area contributed by atoms with Gasteiger partial charge in [-0.05, 0) is 13.8 Å². The summed E-state index contributed by atoms with van der Waals surface area (Å²) in [6.07, 6.45) is -2.42. The molecule has 0 unspecified atom stereocenters. The first kappa shape index (κ1) is 34.3. The summed E-state index contributed by atoms with van der Waals surface area (Å²) in [6.45, 7) is 37.7. The summed E-state index contributed by atoms with van der Waals surface area (Å²) < 4.78 is 40.7. The van der Waals surface area contributed by atoms with Crippen molar-refractivity contribution in [2.75, 3.05) is 6.61 Å². The molecule has 7 nitrogen and oxygen atoms in total. The van der Waals surface area contributed by atoms with Crippen LogP contribution >= 0.6 is 0 Å². The van der Waals surface area contributed by atoms with Gasteiger partial charge in [0.15, 0.2) is 38.0 Å². The molecule has 0 N–H and O–H groups in total. The first-order valence-electron chi connectivity index (χ1n) is 14.7. The molecule has 0 aromatic rings. The lowest BCUT2D eigenvalue weighted by atomic mass is 10.1. The Morgan fingerprint density at radius 2 is 1.23 bits per heavy atom. The minimum atomic E-state index is -2.36. The molecule has 3 aliphatic rings. The van der Waals surface area contributed by atoms with E-state index in [0.29, 0.717) is 6.61 Å². The number of carbonyl (C=O) groups excluding carboxylic acids is 1.